The van der Waals surface area contributed by atoms with Crippen LogP contribution in [0.3, 0.4) is 0 Å². The van der Waals surface area contributed by atoms with E-state index in [1.165, 1.54) is 35.2 Å². The number of ketones is 1. The van der Waals surface area contributed by atoms with Crippen molar-refractivity contribution in [3.8, 4) is 0 Å². The van der Waals surface area contributed by atoms with Crippen LogP contribution in [-0.4, -0.2) is 49.2 Å². The molecule has 7 nitrogen and oxygen atoms in total. The van der Waals surface area contributed by atoms with Crippen LogP contribution in [0, 0.1) is 11.8 Å². The number of carboxylic acid groups (broad SMARTS) is 1. The minimum atomic E-state index is -3.93. The van der Waals surface area contributed by atoms with Gasteiger partial charge in [-0.1, -0.05) is 19.1 Å². The second-order valence-corrected chi connectivity index (χ2v) is 9.06. The molecular formula is C20H17NO6S. The van der Waals surface area contributed by atoms with Gasteiger partial charge in [0.25, 0.3) is 5.91 Å². The zero-order valence-corrected chi connectivity index (χ0v) is 15.8. The lowest BCUT2D eigenvalue weighted by Crippen LogP contribution is -2.30. The molecule has 1 fully saturated rings. The highest BCUT2D eigenvalue weighted by atomic mass is 32.2. The number of hydrogen-bond donors (Lipinski definition) is 1. The average Bonchev–Trinajstić information content (AvgIpc) is 3.07. The second-order valence-electron chi connectivity index (χ2n) is 7.17. The molecule has 28 heavy (non-hydrogen) atoms. The van der Waals surface area contributed by atoms with Gasteiger partial charge in [0.15, 0.2) is 5.78 Å². The van der Waals surface area contributed by atoms with Gasteiger partial charge in [0.05, 0.1) is 15.7 Å². The topological polar surface area (TPSA) is 109 Å². The van der Waals surface area contributed by atoms with E-state index in [0.29, 0.717) is 0 Å². The Bertz CT molecular complexity index is 1140. The summed E-state index contributed by atoms with van der Waals surface area (Å²) in [4.78, 5) is 37.9. The first-order valence-corrected chi connectivity index (χ1v) is 10.2. The minimum Gasteiger partial charge on any atom is -0.481 e. The minimum absolute atomic E-state index is 0.0356. The quantitative estimate of drug-likeness (QED) is 0.705. The number of rotatable bonds is 2. The highest BCUT2D eigenvalue weighted by molar-refractivity contribution is 7.91. The molecule has 0 aliphatic carbocycles. The zero-order valence-electron chi connectivity index (χ0n) is 15.0. The van der Waals surface area contributed by atoms with Crippen molar-refractivity contribution in [1.29, 1.82) is 0 Å². The van der Waals surface area contributed by atoms with Crippen molar-refractivity contribution in [3.05, 3.63) is 59.2 Å². The van der Waals surface area contributed by atoms with Gasteiger partial charge in [-0.2, -0.15) is 0 Å². The van der Waals surface area contributed by atoms with Gasteiger partial charge >= 0.3 is 5.97 Å². The van der Waals surface area contributed by atoms with E-state index in [1.807, 2.05) is 0 Å². The fraction of sp³-hybridized carbons (Fsp3) is 0.250. The van der Waals surface area contributed by atoms with Crippen molar-refractivity contribution in [2.75, 3.05) is 13.1 Å². The first-order valence-electron chi connectivity index (χ1n) is 8.76. The fourth-order valence-corrected chi connectivity index (χ4v) is 5.53. The lowest BCUT2D eigenvalue weighted by Gasteiger charge is -2.21. The standard InChI is InChI=1S/C20H17NO6S/c1-11-9-21(10-15(11)20(24)25)19(23)12-6-7-14-17(8-12)28(26,27)16-5-3-2-4-13(16)18(14)22/h2-8,11,15H,9-10H2,1H3,(H,24,25)/t11-,15-/m1/s1. The third-order valence-electron chi connectivity index (χ3n) is 5.40. The third-order valence-corrected chi connectivity index (χ3v) is 7.25. The monoisotopic (exact) mass is 399 g/mol. The van der Waals surface area contributed by atoms with Crippen LogP contribution in [0.4, 0.5) is 0 Å². The number of hydrogen-bond acceptors (Lipinski definition) is 5. The van der Waals surface area contributed by atoms with Gasteiger partial charge < -0.3 is 10.0 Å². The maximum Gasteiger partial charge on any atom is 0.308 e. The van der Waals surface area contributed by atoms with Crippen LogP contribution in [0.5, 0.6) is 0 Å². The molecule has 0 bridgehead atoms. The van der Waals surface area contributed by atoms with Crippen LogP contribution in [0.1, 0.15) is 33.2 Å². The number of nitrogens with zero attached hydrogens (tertiary/aromatic N) is 1. The summed E-state index contributed by atoms with van der Waals surface area (Å²) in [5.41, 5.74) is 0.271. The van der Waals surface area contributed by atoms with Crippen molar-refractivity contribution in [3.63, 3.8) is 0 Å². The summed E-state index contributed by atoms with van der Waals surface area (Å²) in [6.07, 6.45) is 0. The molecule has 144 valence electrons. The van der Waals surface area contributed by atoms with Crippen molar-refractivity contribution in [2.45, 2.75) is 16.7 Å². The highest BCUT2D eigenvalue weighted by Crippen LogP contribution is 2.35. The van der Waals surface area contributed by atoms with E-state index in [4.69, 9.17) is 0 Å². The van der Waals surface area contributed by atoms with Crippen LogP contribution in [0.15, 0.2) is 52.3 Å². The normalized spacial score (nSPS) is 22.5. The van der Waals surface area contributed by atoms with Crippen molar-refractivity contribution < 1.29 is 27.9 Å². The molecule has 2 aliphatic rings. The van der Waals surface area contributed by atoms with Crippen molar-refractivity contribution >= 4 is 27.5 Å². The Morgan fingerprint density at radius 3 is 2.39 bits per heavy atom. The number of benzene rings is 2. The number of aliphatic carboxylic acids is 1. The van der Waals surface area contributed by atoms with E-state index in [0.717, 1.165) is 0 Å². The van der Waals surface area contributed by atoms with Crippen molar-refractivity contribution in [2.24, 2.45) is 11.8 Å². The third kappa shape index (κ3) is 2.63. The summed E-state index contributed by atoms with van der Waals surface area (Å²) in [5, 5.41) is 9.25. The Balaban J connectivity index is 1.74. The van der Waals surface area contributed by atoms with E-state index in [2.05, 4.69) is 0 Å². The molecule has 8 heteroatoms. The molecule has 4 rings (SSSR count). The number of amides is 1. The first kappa shape index (κ1) is 18.4. The molecule has 2 aromatic rings. The zero-order chi connectivity index (χ0) is 20.2. The number of carbonyl (C=O) groups is 3. The summed E-state index contributed by atoms with van der Waals surface area (Å²) >= 11 is 0. The van der Waals surface area contributed by atoms with Crippen LogP contribution in [0.25, 0.3) is 0 Å². The van der Waals surface area contributed by atoms with Gasteiger partial charge in [-0.05, 0) is 36.2 Å². The van der Waals surface area contributed by atoms with Crippen LogP contribution < -0.4 is 0 Å². The van der Waals surface area contributed by atoms with Crippen LogP contribution in [0.2, 0.25) is 0 Å². The number of carboxylic acids is 1. The predicted octanol–water partition coefficient (Wildman–Crippen LogP) is 1.86. The van der Waals surface area contributed by atoms with Crippen LogP contribution >= 0.6 is 0 Å². The largest absolute Gasteiger partial charge is 0.481 e. The Morgan fingerprint density at radius 2 is 1.71 bits per heavy atom. The molecule has 0 radical (unpaired) electrons. The Morgan fingerprint density at radius 1 is 1.04 bits per heavy atom. The van der Waals surface area contributed by atoms with E-state index in [1.54, 1.807) is 19.1 Å². The lowest BCUT2D eigenvalue weighted by atomic mass is 9.99. The van der Waals surface area contributed by atoms with Crippen molar-refractivity contribution in [1.82, 2.24) is 4.90 Å². The molecule has 2 heterocycles. The van der Waals surface area contributed by atoms with E-state index in [-0.39, 0.29) is 45.5 Å². The Hall–Kier alpha value is -3.00. The Labute approximate surface area is 161 Å². The molecule has 0 spiro atoms. The molecule has 2 atom stereocenters. The van der Waals surface area contributed by atoms with Gasteiger partial charge in [-0.15, -0.1) is 0 Å². The van der Waals surface area contributed by atoms with Gasteiger partial charge in [-0.3, -0.25) is 14.4 Å². The lowest BCUT2D eigenvalue weighted by molar-refractivity contribution is -0.142. The van der Waals surface area contributed by atoms with E-state index >= 15 is 0 Å². The smallest absolute Gasteiger partial charge is 0.308 e. The fourth-order valence-electron chi connectivity index (χ4n) is 3.85. The number of fused-ring (bicyclic) bond motifs is 2. The molecular weight excluding hydrogens is 382 g/mol. The molecule has 1 saturated heterocycles. The van der Waals surface area contributed by atoms with E-state index in [9.17, 15) is 27.9 Å². The molecule has 1 amide bonds. The molecule has 0 saturated carbocycles. The van der Waals surface area contributed by atoms with Gasteiger partial charge in [0.1, 0.15) is 0 Å². The SMILES string of the molecule is C[C@@H]1CN(C(=O)c2ccc3c(c2)S(=O)(=O)c2ccccc2C3=O)C[C@H]1C(=O)O. The maximum atomic E-state index is 13.0. The summed E-state index contributed by atoms with van der Waals surface area (Å²) in [5.74, 6) is -2.66. The number of carbonyl (C=O) groups excluding carboxylic acids is 2. The highest BCUT2D eigenvalue weighted by Gasteiger charge is 2.39. The van der Waals surface area contributed by atoms with Gasteiger partial charge in [0.2, 0.25) is 9.84 Å². The number of likely N-dealkylation sites (tertiary alicyclic amines) is 1. The van der Waals surface area contributed by atoms with Gasteiger partial charge in [-0.25, -0.2) is 8.42 Å². The molecule has 0 aromatic heterocycles. The van der Waals surface area contributed by atoms with E-state index < -0.39 is 33.4 Å². The summed E-state index contributed by atoms with van der Waals surface area (Å²) < 4.78 is 26.0. The average molecular weight is 399 g/mol. The molecule has 0 unspecified atom stereocenters. The molecule has 1 N–H and O–H groups in total. The molecule has 2 aliphatic heterocycles. The first-order chi connectivity index (χ1) is 13.2. The predicted molar refractivity (Wildman–Crippen MR) is 98.0 cm³/mol. The summed E-state index contributed by atoms with van der Waals surface area (Å²) in [6, 6.07) is 9.98. The maximum absolute atomic E-state index is 13.0. The second kappa shape index (κ2) is 6.27. The number of sulfone groups is 1. The molecule has 2 aromatic carbocycles. The summed E-state index contributed by atoms with van der Waals surface area (Å²) in [7, 11) is -3.93. The van der Waals surface area contributed by atoms with Gasteiger partial charge in [0, 0.05) is 29.8 Å². The Kier molecular flexibility index (Phi) is 4.11. The summed E-state index contributed by atoms with van der Waals surface area (Å²) in [6.45, 7) is 2.11. The van der Waals surface area contributed by atoms with Crippen LogP contribution in [-0.2, 0) is 14.6 Å².